The molecule has 13 heavy (non-hydrogen) atoms. The molecule has 0 heterocycles. The van der Waals surface area contributed by atoms with Crippen molar-refractivity contribution < 1.29 is 9.63 Å². The Labute approximate surface area is 75.4 Å². The monoisotopic (exact) mass is 180 g/mol. The zero-order valence-corrected chi connectivity index (χ0v) is 7.07. The van der Waals surface area contributed by atoms with Gasteiger partial charge in [-0.1, -0.05) is 5.16 Å². The molecule has 0 aliphatic rings. The van der Waals surface area contributed by atoms with Crippen LogP contribution in [0.4, 0.5) is 0 Å². The second kappa shape index (κ2) is 6.62. The molecule has 0 spiro atoms. The van der Waals surface area contributed by atoms with Gasteiger partial charge in [-0.3, -0.25) is 4.79 Å². The number of nitriles is 2. The van der Waals surface area contributed by atoms with Gasteiger partial charge in [-0.05, 0) is 0 Å². The Morgan fingerprint density at radius 3 is 2.77 bits per heavy atom. The van der Waals surface area contributed by atoms with E-state index >= 15 is 0 Å². The molecule has 6 nitrogen and oxygen atoms in total. The van der Waals surface area contributed by atoms with Crippen molar-refractivity contribution in [2.75, 3.05) is 13.7 Å². The Hall–Kier alpha value is -2.08. The van der Waals surface area contributed by atoms with Crippen LogP contribution in [-0.4, -0.2) is 25.3 Å². The number of hydrogen-bond acceptors (Lipinski definition) is 5. The molecule has 0 saturated carbocycles. The highest BCUT2D eigenvalue weighted by Gasteiger charge is 2.09. The Kier molecular flexibility index (Phi) is 5.56. The van der Waals surface area contributed by atoms with Crippen LogP contribution in [0.5, 0.6) is 0 Å². The molecule has 0 atom stereocenters. The van der Waals surface area contributed by atoms with Gasteiger partial charge in [0.05, 0.1) is 12.5 Å². The van der Waals surface area contributed by atoms with Crippen LogP contribution in [-0.2, 0) is 9.63 Å². The van der Waals surface area contributed by atoms with E-state index in [1.807, 2.05) is 6.07 Å². The van der Waals surface area contributed by atoms with Gasteiger partial charge in [0.25, 0.3) is 5.91 Å². The normalized spacial score (nSPS) is 9.62. The molecule has 68 valence electrons. The predicted octanol–water partition coefficient (Wildman–Crippen LogP) is -0.458. The fourth-order valence-electron chi connectivity index (χ4n) is 0.520. The summed E-state index contributed by atoms with van der Waals surface area (Å²) in [6.45, 7) is 0.194. The third kappa shape index (κ3) is 4.38. The summed E-state index contributed by atoms with van der Waals surface area (Å²) in [4.78, 5) is 15.2. The predicted molar refractivity (Wildman–Crippen MR) is 43.3 cm³/mol. The standard InChI is InChI=1S/C7H8N4O2/c1-13-11-6(5-9)7(12)10-4-2-3-8/h2,4H2,1H3,(H,10,12)/b11-6-. The first-order chi connectivity index (χ1) is 6.26. The highest BCUT2D eigenvalue weighted by molar-refractivity contribution is 6.45. The maximum absolute atomic E-state index is 11.0. The third-order valence-corrected chi connectivity index (χ3v) is 1.03. The van der Waals surface area contributed by atoms with Gasteiger partial charge in [0.15, 0.2) is 0 Å². The summed E-state index contributed by atoms with van der Waals surface area (Å²) in [6, 6.07) is 3.40. The zero-order valence-electron chi connectivity index (χ0n) is 7.07. The second-order valence-electron chi connectivity index (χ2n) is 1.90. The largest absolute Gasteiger partial charge is 0.398 e. The van der Waals surface area contributed by atoms with Crippen LogP contribution in [0, 0.1) is 22.7 Å². The van der Waals surface area contributed by atoms with Gasteiger partial charge in [-0.25, -0.2) is 0 Å². The topological polar surface area (TPSA) is 98.3 Å². The Morgan fingerprint density at radius 2 is 2.31 bits per heavy atom. The minimum atomic E-state index is -0.639. The second-order valence-corrected chi connectivity index (χ2v) is 1.90. The van der Waals surface area contributed by atoms with E-state index in [1.165, 1.54) is 7.11 Å². The van der Waals surface area contributed by atoms with Crippen molar-refractivity contribution in [1.82, 2.24) is 5.32 Å². The molecule has 6 heteroatoms. The number of carbonyl (C=O) groups is 1. The van der Waals surface area contributed by atoms with Gasteiger partial charge >= 0.3 is 0 Å². The van der Waals surface area contributed by atoms with Gasteiger partial charge in [-0.15, -0.1) is 0 Å². The molecule has 0 unspecified atom stereocenters. The lowest BCUT2D eigenvalue weighted by atomic mass is 10.3. The number of nitrogens with one attached hydrogen (secondary N) is 1. The molecular weight excluding hydrogens is 172 g/mol. The highest BCUT2D eigenvalue weighted by Crippen LogP contribution is 1.80. The van der Waals surface area contributed by atoms with Gasteiger partial charge in [-0.2, -0.15) is 10.5 Å². The number of carbonyl (C=O) groups excluding carboxylic acids is 1. The Bertz CT molecular complexity index is 284. The Balaban J connectivity index is 4.04. The molecule has 0 aromatic heterocycles. The van der Waals surface area contributed by atoms with E-state index in [0.29, 0.717) is 0 Å². The molecule has 0 radical (unpaired) electrons. The summed E-state index contributed by atoms with van der Waals surface area (Å²) in [7, 11) is 1.24. The van der Waals surface area contributed by atoms with Gasteiger partial charge in [0.2, 0.25) is 5.71 Å². The van der Waals surface area contributed by atoms with Crippen LogP contribution in [0.3, 0.4) is 0 Å². The summed E-state index contributed by atoms with van der Waals surface area (Å²) in [5, 5.41) is 22.1. The maximum Gasteiger partial charge on any atom is 0.284 e. The highest BCUT2D eigenvalue weighted by atomic mass is 16.6. The molecule has 0 aromatic rings. The quantitative estimate of drug-likeness (QED) is 0.359. The molecule has 1 amide bonds. The van der Waals surface area contributed by atoms with Crippen LogP contribution in [0.15, 0.2) is 5.16 Å². The lowest BCUT2D eigenvalue weighted by molar-refractivity contribution is -0.114. The summed E-state index contributed by atoms with van der Waals surface area (Å²) in [5.41, 5.74) is -0.361. The first-order valence-electron chi connectivity index (χ1n) is 3.42. The van der Waals surface area contributed by atoms with E-state index in [-0.39, 0.29) is 18.7 Å². The van der Waals surface area contributed by atoms with Crippen LogP contribution >= 0.6 is 0 Å². The van der Waals surface area contributed by atoms with Gasteiger partial charge in [0.1, 0.15) is 13.2 Å². The SMILES string of the molecule is CO/N=C(/C#N)C(=O)NCCC#N. The lowest BCUT2D eigenvalue weighted by Gasteiger charge is -1.98. The molecule has 0 rings (SSSR count). The van der Waals surface area contributed by atoms with Crippen molar-refractivity contribution in [3.05, 3.63) is 0 Å². The van der Waals surface area contributed by atoms with Crippen LogP contribution < -0.4 is 5.32 Å². The van der Waals surface area contributed by atoms with Crippen LogP contribution in [0.2, 0.25) is 0 Å². The fraction of sp³-hybridized carbons (Fsp3) is 0.429. The van der Waals surface area contributed by atoms with Crippen LogP contribution in [0.25, 0.3) is 0 Å². The van der Waals surface area contributed by atoms with Crippen molar-refractivity contribution >= 4 is 11.6 Å². The van der Waals surface area contributed by atoms with Crippen molar-refractivity contribution in [3.8, 4) is 12.1 Å². The van der Waals surface area contributed by atoms with Gasteiger partial charge < -0.3 is 10.2 Å². The average Bonchev–Trinajstić information content (AvgIpc) is 2.14. The minimum absolute atomic E-state index is 0.192. The average molecular weight is 180 g/mol. The third-order valence-electron chi connectivity index (χ3n) is 1.03. The number of nitrogens with zero attached hydrogens (tertiary/aromatic N) is 3. The Morgan fingerprint density at radius 1 is 1.62 bits per heavy atom. The minimum Gasteiger partial charge on any atom is -0.398 e. The van der Waals surface area contributed by atoms with Crippen molar-refractivity contribution in [2.45, 2.75) is 6.42 Å². The molecule has 0 aliphatic heterocycles. The van der Waals surface area contributed by atoms with Gasteiger partial charge in [0, 0.05) is 6.54 Å². The van der Waals surface area contributed by atoms with Crippen molar-refractivity contribution in [2.24, 2.45) is 5.16 Å². The molecule has 1 N–H and O–H groups in total. The first-order valence-corrected chi connectivity index (χ1v) is 3.42. The fourth-order valence-corrected chi connectivity index (χ4v) is 0.520. The molecule has 0 saturated heterocycles. The van der Waals surface area contributed by atoms with E-state index in [1.54, 1.807) is 6.07 Å². The molecule has 0 fully saturated rings. The van der Waals surface area contributed by atoms with Crippen molar-refractivity contribution in [3.63, 3.8) is 0 Å². The first kappa shape index (κ1) is 10.9. The van der Waals surface area contributed by atoms with Crippen LogP contribution in [0.1, 0.15) is 6.42 Å². The molecule has 0 aromatic carbocycles. The number of hydrogen-bond donors (Lipinski definition) is 1. The molecular formula is C7H8N4O2. The number of rotatable bonds is 4. The van der Waals surface area contributed by atoms with E-state index in [0.717, 1.165) is 0 Å². The molecule has 0 aliphatic carbocycles. The number of oxime groups is 1. The summed E-state index contributed by atoms with van der Waals surface area (Å²) in [5.74, 6) is -0.639. The zero-order chi connectivity index (χ0) is 10.1. The lowest BCUT2D eigenvalue weighted by Crippen LogP contribution is -2.30. The van der Waals surface area contributed by atoms with E-state index in [4.69, 9.17) is 10.5 Å². The maximum atomic E-state index is 11.0. The van der Waals surface area contributed by atoms with E-state index in [9.17, 15) is 4.79 Å². The summed E-state index contributed by atoms with van der Waals surface area (Å²) in [6.07, 6.45) is 0.192. The van der Waals surface area contributed by atoms with E-state index < -0.39 is 5.91 Å². The van der Waals surface area contributed by atoms with E-state index in [2.05, 4.69) is 15.3 Å². The number of amides is 1. The summed E-state index contributed by atoms with van der Waals surface area (Å²) >= 11 is 0. The summed E-state index contributed by atoms with van der Waals surface area (Å²) < 4.78 is 0. The van der Waals surface area contributed by atoms with Crippen molar-refractivity contribution in [1.29, 1.82) is 10.5 Å². The molecule has 0 bridgehead atoms. The smallest absolute Gasteiger partial charge is 0.284 e.